The van der Waals surface area contributed by atoms with Crippen LogP contribution in [-0.2, 0) is 7.05 Å². The molecule has 3 aromatic rings. The van der Waals surface area contributed by atoms with Crippen LogP contribution in [0.4, 0.5) is 16.5 Å². The molecule has 3 rings (SSSR count). The second kappa shape index (κ2) is 6.27. The summed E-state index contributed by atoms with van der Waals surface area (Å²) in [6.07, 6.45) is 1.74. The van der Waals surface area contributed by atoms with Gasteiger partial charge in [-0.1, -0.05) is 28.3 Å². The van der Waals surface area contributed by atoms with Gasteiger partial charge in [0.1, 0.15) is 5.69 Å². The first-order valence-corrected chi connectivity index (χ1v) is 7.13. The first-order chi connectivity index (χ1) is 11.0. The molecule has 0 spiro atoms. The quantitative estimate of drug-likeness (QED) is 0.752. The molecule has 2 heterocycles. The lowest BCUT2D eigenvalue weighted by atomic mass is 10.3. The Kier molecular flexibility index (Phi) is 4.18. The van der Waals surface area contributed by atoms with E-state index in [1.807, 2.05) is 0 Å². The van der Waals surface area contributed by atoms with Gasteiger partial charge >= 0.3 is 12.0 Å². The molecule has 0 aliphatic rings. The van der Waals surface area contributed by atoms with Crippen molar-refractivity contribution in [3.63, 3.8) is 0 Å². The molecule has 0 fully saturated rings. The van der Waals surface area contributed by atoms with Crippen LogP contribution in [0.15, 0.2) is 34.9 Å². The Morgan fingerprint density at radius 1 is 1.17 bits per heavy atom. The molecular formula is C13H10Cl2N6O2. The zero-order chi connectivity index (χ0) is 16.4. The number of aryl methyl sites for hydroxylation is 1. The fourth-order valence-electron chi connectivity index (χ4n) is 1.74. The van der Waals surface area contributed by atoms with E-state index < -0.39 is 6.03 Å². The van der Waals surface area contributed by atoms with E-state index in [-0.39, 0.29) is 11.9 Å². The van der Waals surface area contributed by atoms with Crippen LogP contribution in [0.5, 0.6) is 0 Å². The van der Waals surface area contributed by atoms with E-state index in [4.69, 9.17) is 27.6 Å². The van der Waals surface area contributed by atoms with Crippen molar-refractivity contribution >= 4 is 40.9 Å². The van der Waals surface area contributed by atoms with Gasteiger partial charge in [-0.2, -0.15) is 5.10 Å². The summed E-state index contributed by atoms with van der Waals surface area (Å²) in [5, 5.41) is 17.4. The Morgan fingerprint density at radius 3 is 2.70 bits per heavy atom. The summed E-state index contributed by atoms with van der Waals surface area (Å²) in [7, 11) is 1.77. The number of aromatic nitrogens is 4. The third-order valence-electron chi connectivity index (χ3n) is 2.76. The first-order valence-electron chi connectivity index (χ1n) is 6.38. The molecule has 118 valence electrons. The van der Waals surface area contributed by atoms with Crippen molar-refractivity contribution in [2.24, 2.45) is 7.05 Å². The highest BCUT2D eigenvalue weighted by molar-refractivity contribution is 6.42. The SMILES string of the molecule is Cn1ccc(-c2nnc(NC(=O)Nc3ccc(Cl)c(Cl)c3)o2)n1. The van der Waals surface area contributed by atoms with E-state index in [0.29, 0.717) is 21.4 Å². The first kappa shape index (κ1) is 15.3. The fraction of sp³-hybridized carbons (Fsp3) is 0.0769. The van der Waals surface area contributed by atoms with Crippen molar-refractivity contribution in [2.75, 3.05) is 10.6 Å². The maximum absolute atomic E-state index is 11.9. The normalized spacial score (nSPS) is 10.6. The lowest BCUT2D eigenvalue weighted by Gasteiger charge is -2.05. The number of carbonyl (C=O) groups excluding carboxylic acids is 1. The van der Waals surface area contributed by atoms with Crippen molar-refractivity contribution in [1.29, 1.82) is 0 Å². The highest BCUT2D eigenvalue weighted by Crippen LogP contribution is 2.25. The van der Waals surface area contributed by atoms with E-state index in [2.05, 4.69) is 25.9 Å². The largest absolute Gasteiger partial charge is 0.401 e. The van der Waals surface area contributed by atoms with E-state index >= 15 is 0 Å². The monoisotopic (exact) mass is 352 g/mol. The molecule has 0 unspecified atom stereocenters. The van der Waals surface area contributed by atoms with Gasteiger partial charge in [0.25, 0.3) is 5.89 Å². The predicted molar refractivity (Wildman–Crippen MR) is 85.6 cm³/mol. The van der Waals surface area contributed by atoms with E-state index in [9.17, 15) is 4.79 Å². The molecule has 0 aliphatic carbocycles. The van der Waals surface area contributed by atoms with Crippen molar-refractivity contribution < 1.29 is 9.21 Å². The van der Waals surface area contributed by atoms with Crippen molar-refractivity contribution in [1.82, 2.24) is 20.0 Å². The van der Waals surface area contributed by atoms with Gasteiger partial charge in [0.2, 0.25) is 0 Å². The zero-order valence-corrected chi connectivity index (χ0v) is 13.3. The van der Waals surface area contributed by atoms with Gasteiger partial charge < -0.3 is 9.73 Å². The molecule has 0 saturated carbocycles. The van der Waals surface area contributed by atoms with Crippen molar-refractivity contribution in [3.8, 4) is 11.6 Å². The zero-order valence-electron chi connectivity index (χ0n) is 11.7. The van der Waals surface area contributed by atoms with Crippen LogP contribution >= 0.6 is 23.2 Å². The number of nitrogens with zero attached hydrogens (tertiary/aromatic N) is 4. The second-order valence-electron chi connectivity index (χ2n) is 4.50. The van der Waals surface area contributed by atoms with Crippen LogP contribution in [0.2, 0.25) is 10.0 Å². The number of halogens is 2. The summed E-state index contributed by atoms with van der Waals surface area (Å²) in [4.78, 5) is 11.9. The standard InChI is InChI=1S/C13H10Cl2N6O2/c1-21-5-4-10(20-21)11-18-19-13(23-11)17-12(22)16-7-2-3-8(14)9(15)6-7/h2-6H,1H3,(H2,16,17,19,22). The third-order valence-corrected chi connectivity index (χ3v) is 3.49. The third kappa shape index (κ3) is 3.61. The van der Waals surface area contributed by atoms with Gasteiger partial charge in [0.15, 0.2) is 0 Å². The van der Waals surface area contributed by atoms with Crippen molar-refractivity contribution in [2.45, 2.75) is 0 Å². The van der Waals surface area contributed by atoms with E-state index in [1.54, 1.807) is 36.1 Å². The molecule has 0 saturated heterocycles. The van der Waals surface area contributed by atoms with Gasteiger partial charge in [-0.15, -0.1) is 5.10 Å². The Balaban J connectivity index is 1.66. The number of nitrogens with one attached hydrogen (secondary N) is 2. The highest BCUT2D eigenvalue weighted by Gasteiger charge is 2.13. The summed E-state index contributed by atoms with van der Waals surface area (Å²) >= 11 is 11.7. The number of urea groups is 1. The van der Waals surface area contributed by atoms with E-state index in [1.165, 1.54) is 6.07 Å². The topological polar surface area (TPSA) is 97.9 Å². The smallest absolute Gasteiger partial charge is 0.327 e. The van der Waals surface area contributed by atoms with Gasteiger partial charge in [-0.25, -0.2) is 4.79 Å². The van der Waals surface area contributed by atoms with Crippen molar-refractivity contribution in [3.05, 3.63) is 40.5 Å². The van der Waals surface area contributed by atoms with Crippen LogP contribution in [0.3, 0.4) is 0 Å². The van der Waals surface area contributed by atoms with Gasteiger partial charge in [-0.05, 0) is 24.3 Å². The summed E-state index contributed by atoms with van der Waals surface area (Å²) in [6, 6.07) is 5.82. The Morgan fingerprint density at radius 2 is 2.00 bits per heavy atom. The summed E-state index contributed by atoms with van der Waals surface area (Å²) in [6.45, 7) is 0. The number of anilines is 2. The number of benzene rings is 1. The summed E-state index contributed by atoms with van der Waals surface area (Å²) in [5.74, 6) is 0.204. The summed E-state index contributed by atoms with van der Waals surface area (Å²) < 4.78 is 6.92. The van der Waals surface area contributed by atoms with E-state index in [0.717, 1.165) is 0 Å². The minimum atomic E-state index is -0.556. The second-order valence-corrected chi connectivity index (χ2v) is 5.31. The molecule has 0 bridgehead atoms. The molecule has 0 atom stereocenters. The minimum Gasteiger partial charge on any atom is -0.401 e. The fourth-order valence-corrected chi connectivity index (χ4v) is 2.04. The molecule has 23 heavy (non-hydrogen) atoms. The molecule has 1 aromatic carbocycles. The number of amides is 2. The summed E-state index contributed by atoms with van der Waals surface area (Å²) in [5.41, 5.74) is 0.985. The van der Waals surface area contributed by atoms with Crippen LogP contribution < -0.4 is 10.6 Å². The Labute approximate surface area is 140 Å². The molecular weight excluding hydrogens is 343 g/mol. The molecule has 2 aromatic heterocycles. The average molecular weight is 353 g/mol. The highest BCUT2D eigenvalue weighted by atomic mass is 35.5. The maximum Gasteiger partial charge on any atom is 0.327 e. The molecule has 10 heteroatoms. The molecule has 0 radical (unpaired) electrons. The number of hydrogen-bond donors (Lipinski definition) is 2. The van der Waals surface area contributed by atoms with Crippen LogP contribution in [-0.4, -0.2) is 26.0 Å². The number of rotatable bonds is 3. The lowest BCUT2D eigenvalue weighted by Crippen LogP contribution is -2.19. The predicted octanol–water partition coefficient (Wildman–Crippen LogP) is 3.42. The van der Waals surface area contributed by atoms with Gasteiger partial charge in [0.05, 0.1) is 10.0 Å². The average Bonchev–Trinajstić information content (AvgIpc) is 3.12. The molecule has 0 aliphatic heterocycles. The Hall–Kier alpha value is -2.58. The number of hydrogen-bond acceptors (Lipinski definition) is 5. The molecule has 2 N–H and O–H groups in total. The van der Waals surface area contributed by atoms with Crippen LogP contribution in [0, 0.1) is 0 Å². The lowest BCUT2D eigenvalue weighted by molar-refractivity contribution is 0.261. The minimum absolute atomic E-state index is 0.0526. The molecule has 2 amide bonds. The van der Waals surface area contributed by atoms with Crippen LogP contribution in [0.25, 0.3) is 11.6 Å². The number of carbonyl (C=O) groups is 1. The Bertz CT molecular complexity index is 860. The van der Waals surface area contributed by atoms with Gasteiger partial charge in [0, 0.05) is 18.9 Å². The maximum atomic E-state index is 11.9. The van der Waals surface area contributed by atoms with Crippen LogP contribution in [0.1, 0.15) is 0 Å². The van der Waals surface area contributed by atoms with Gasteiger partial charge in [-0.3, -0.25) is 10.00 Å². The molecule has 8 nitrogen and oxygen atoms in total.